The molecule has 3 aromatic carbocycles. The maximum Gasteiger partial charge on any atom is 0.347 e. The molecule has 0 radical (unpaired) electrons. The third-order valence-corrected chi connectivity index (χ3v) is 5.77. The number of carbonyl (C=O) groups is 1. The summed E-state index contributed by atoms with van der Waals surface area (Å²) in [5, 5.41) is 0. The quantitative estimate of drug-likeness (QED) is 0.246. The minimum Gasteiger partial charge on any atom is -0.492 e. The molecule has 0 amide bonds. The van der Waals surface area contributed by atoms with Crippen molar-refractivity contribution in [2.45, 2.75) is 32.6 Å². The summed E-state index contributed by atoms with van der Waals surface area (Å²) in [4.78, 5) is 12.9. The van der Waals surface area contributed by atoms with E-state index in [0.717, 1.165) is 20.9 Å². The van der Waals surface area contributed by atoms with Crippen molar-refractivity contribution in [3.63, 3.8) is 0 Å². The van der Waals surface area contributed by atoms with Crippen LogP contribution in [-0.4, -0.2) is 12.6 Å². The minimum atomic E-state index is -0.463. The SMILES string of the molecule is CC(C)(C)c1ccc(OC(=O)c2cc(Br)ccc2OCCc2ccccc2)c(Br)c1. The molecule has 0 aliphatic carbocycles. The fraction of sp³-hybridized carbons (Fsp3) is 0.240. The first kappa shape index (κ1) is 22.6. The Hall–Kier alpha value is -2.11. The highest BCUT2D eigenvalue weighted by atomic mass is 79.9. The van der Waals surface area contributed by atoms with Crippen LogP contribution in [0.25, 0.3) is 0 Å². The lowest BCUT2D eigenvalue weighted by molar-refractivity contribution is 0.0729. The summed E-state index contributed by atoms with van der Waals surface area (Å²) in [5.41, 5.74) is 2.72. The molecule has 156 valence electrons. The predicted molar refractivity (Wildman–Crippen MR) is 128 cm³/mol. The second-order valence-electron chi connectivity index (χ2n) is 8.01. The summed E-state index contributed by atoms with van der Waals surface area (Å²) >= 11 is 6.95. The Morgan fingerprint density at radius 3 is 2.27 bits per heavy atom. The molecule has 0 bridgehead atoms. The first-order valence-corrected chi connectivity index (χ1v) is 11.3. The van der Waals surface area contributed by atoms with E-state index in [1.807, 2.05) is 42.5 Å². The van der Waals surface area contributed by atoms with Crippen molar-refractivity contribution in [1.82, 2.24) is 0 Å². The van der Waals surface area contributed by atoms with Gasteiger partial charge in [0.2, 0.25) is 0 Å². The number of carbonyl (C=O) groups excluding carboxylic acids is 1. The molecule has 3 aromatic rings. The zero-order valence-electron chi connectivity index (χ0n) is 17.2. The van der Waals surface area contributed by atoms with E-state index >= 15 is 0 Å². The van der Waals surface area contributed by atoms with Gasteiger partial charge in [0.1, 0.15) is 17.1 Å². The molecule has 0 saturated carbocycles. The molecule has 0 heterocycles. The summed E-state index contributed by atoms with van der Waals surface area (Å²) in [6, 6.07) is 21.2. The van der Waals surface area contributed by atoms with Gasteiger partial charge in [-0.1, -0.05) is 73.1 Å². The van der Waals surface area contributed by atoms with E-state index in [-0.39, 0.29) is 5.41 Å². The van der Waals surface area contributed by atoms with Crippen LogP contribution < -0.4 is 9.47 Å². The van der Waals surface area contributed by atoms with Gasteiger partial charge in [-0.25, -0.2) is 4.79 Å². The fourth-order valence-corrected chi connectivity index (χ4v) is 3.74. The maximum atomic E-state index is 12.9. The number of ether oxygens (including phenoxy) is 2. The van der Waals surface area contributed by atoms with Crippen molar-refractivity contribution in [3.05, 3.63) is 92.4 Å². The number of rotatable bonds is 6. The predicted octanol–water partition coefficient (Wildman–Crippen LogP) is 7.35. The Kier molecular flexibility index (Phi) is 7.37. The fourth-order valence-electron chi connectivity index (χ4n) is 2.92. The van der Waals surface area contributed by atoms with Gasteiger partial charge in [-0.05, 0) is 62.8 Å². The number of hydrogen-bond acceptors (Lipinski definition) is 3. The van der Waals surface area contributed by atoms with Crippen molar-refractivity contribution < 1.29 is 14.3 Å². The summed E-state index contributed by atoms with van der Waals surface area (Å²) in [5.74, 6) is 0.514. The van der Waals surface area contributed by atoms with Gasteiger partial charge in [0.05, 0.1) is 11.1 Å². The Labute approximate surface area is 194 Å². The highest BCUT2D eigenvalue weighted by Crippen LogP contribution is 2.33. The van der Waals surface area contributed by atoms with Crippen LogP contribution in [0, 0.1) is 0 Å². The van der Waals surface area contributed by atoms with Gasteiger partial charge in [0.25, 0.3) is 0 Å². The van der Waals surface area contributed by atoms with Gasteiger partial charge < -0.3 is 9.47 Å². The Bertz CT molecular complexity index is 1020. The van der Waals surface area contributed by atoms with E-state index in [4.69, 9.17) is 9.47 Å². The second-order valence-corrected chi connectivity index (χ2v) is 9.78. The molecule has 30 heavy (non-hydrogen) atoms. The normalized spacial score (nSPS) is 11.2. The Morgan fingerprint density at radius 1 is 0.900 bits per heavy atom. The van der Waals surface area contributed by atoms with E-state index in [1.54, 1.807) is 12.1 Å². The van der Waals surface area contributed by atoms with E-state index in [2.05, 4.69) is 64.8 Å². The first-order chi connectivity index (χ1) is 14.2. The van der Waals surface area contributed by atoms with Gasteiger partial charge in [0, 0.05) is 10.9 Å². The molecule has 0 aliphatic heterocycles. The van der Waals surface area contributed by atoms with Crippen molar-refractivity contribution in [2.75, 3.05) is 6.61 Å². The third kappa shape index (κ3) is 5.96. The van der Waals surface area contributed by atoms with Crippen LogP contribution in [0.5, 0.6) is 11.5 Å². The number of esters is 1. The lowest BCUT2D eigenvalue weighted by atomic mass is 9.87. The van der Waals surface area contributed by atoms with Gasteiger partial charge in [-0.15, -0.1) is 0 Å². The van der Waals surface area contributed by atoms with Crippen LogP contribution in [0.3, 0.4) is 0 Å². The number of benzene rings is 3. The monoisotopic (exact) mass is 530 g/mol. The molecule has 0 spiro atoms. The van der Waals surface area contributed by atoms with Gasteiger partial charge in [0.15, 0.2) is 0 Å². The summed E-state index contributed by atoms with van der Waals surface area (Å²) in [6.07, 6.45) is 0.755. The lowest BCUT2D eigenvalue weighted by Crippen LogP contribution is -2.14. The molecule has 3 rings (SSSR count). The Morgan fingerprint density at radius 2 is 1.60 bits per heavy atom. The van der Waals surface area contributed by atoms with Crippen LogP contribution in [0.4, 0.5) is 0 Å². The van der Waals surface area contributed by atoms with Gasteiger partial charge in [-0.3, -0.25) is 0 Å². The number of halogens is 2. The molecule has 0 unspecified atom stereocenters. The Balaban J connectivity index is 1.74. The van der Waals surface area contributed by atoms with Crippen molar-refractivity contribution in [3.8, 4) is 11.5 Å². The van der Waals surface area contributed by atoms with E-state index in [1.165, 1.54) is 5.56 Å². The van der Waals surface area contributed by atoms with E-state index in [9.17, 15) is 4.79 Å². The molecular weight excluding hydrogens is 508 g/mol. The first-order valence-electron chi connectivity index (χ1n) is 9.72. The van der Waals surface area contributed by atoms with Gasteiger partial charge in [-0.2, -0.15) is 0 Å². The maximum absolute atomic E-state index is 12.9. The lowest BCUT2D eigenvalue weighted by Gasteiger charge is -2.20. The van der Waals surface area contributed by atoms with Crippen LogP contribution in [-0.2, 0) is 11.8 Å². The van der Waals surface area contributed by atoms with E-state index < -0.39 is 5.97 Å². The van der Waals surface area contributed by atoms with Crippen molar-refractivity contribution in [1.29, 1.82) is 0 Å². The summed E-state index contributed by atoms with van der Waals surface area (Å²) in [6.45, 7) is 6.89. The van der Waals surface area contributed by atoms with Crippen LogP contribution >= 0.6 is 31.9 Å². The zero-order valence-corrected chi connectivity index (χ0v) is 20.4. The average Bonchev–Trinajstić information content (AvgIpc) is 2.70. The van der Waals surface area contributed by atoms with Crippen LogP contribution in [0.2, 0.25) is 0 Å². The topological polar surface area (TPSA) is 35.5 Å². The van der Waals surface area contributed by atoms with Crippen LogP contribution in [0.1, 0.15) is 42.3 Å². The summed E-state index contributed by atoms with van der Waals surface area (Å²) in [7, 11) is 0. The molecule has 5 heteroatoms. The molecule has 0 saturated heterocycles. The van der Waals surface area contributed by atoms with Gasteiger partial charge >= 0.3 is 5.97 Å². The molecule has 0 aliphatic rings. The molecule has 0 aromatic heterocycles. The molecule has 0 fully saturated rings. The highest BCUT2D eigenvalue weighted by molar-refractivity contribution is 9.10. The van der Waals surface area contributed by atoms with E-state index in [0.29, 0.717) is 23.7 Å². The van der Waals surface area contributed by atoms with Crippen molar-refractivity contribution in [2.24, 2.45) is 0 Å². The van der Waals surface area contributed by atoms with Crippen LogP contribution in [0.15, 0.2) is 75.7 Å². The molecule has 0 N–H and O–H groups in total. The largest absolute Gasteiger partial charge is 0.492 e. The molecular formula is C25H24Br2O3. The molecule has 3 nitrogen and oxygen atoms in total. The minimum absolute atomic E-state index is 0.00904. The smallest absolute Gasteiger partial charge is 0.347 e. The standard InChI is InChI=1S/C25H24Br2O3/c1-25(2,3)18-9-11-23(21(27)15-18)30-24(28)20-16-19(26)10-12-22(20)29-14-13-17-7-5-4-6-8-17/h4-12,15-16H,13-14H2,1-3H3. The second kappa shape index (κ2) is 9.80. The molecule has 0 atom stereocenters. The third-order valence-electron chi connectivity index (χ3n) is 4.65. The number of hydrogen-bond donors (Lipinski definition) is 0. The summed E-state index contributed by atoms with van der Waals surface area (Å²) < 4.78 is 13.1. The zero-order chi connectivity index (χ0) is 21.7. The average molecular weight is 532 g/mol. The van der Waals surface area contributed by atoms with Crippen molar-refractivity contribution >= 4 is 37.8 Å². The highest BCUT2D eigenvalue weighted by Gasteiger charge is 2.19.